The van der Waals surface area contributed by atoms with Gasteiger partial charge in [-0.15, -0.1) is 11.8 Å². The van der Waals surface area contributed by atoms with Crippen molar-refractivity contribution in [1.82, 2.24) is 10.2 Å². The molecule has 2 N–H and O–H groups in total. The third-order valence-corrected chi connectivity index (χ3v) is 7.64. The van der Waals surface area contributed by atoms with Gasteiger partial charge in [-0.25, -0.2) is 0 Å². The van der Waals surface area contributed by atoms with Crippen molar-refractivity contribution in [3.05, 3.63) is 83.4 Å². The van der Waals surface area contributed by atoms with Gasteiger partial charge in [0.05, 0.1) is 26.5 Å². The predicted molar refractivity (Wildman–Crippen MR) is 152 cm³/mol. The summed E-state index contributed by atoms with van der Waals surface area (Å²) in [7, 11) is 3.20. The van der Waals surface area contributed by atoms with Gasteiger partial charge in [-0.1, -0.05) is 30.7 Å². The van der Waals surface area contributed by atoms with Crippen molar-refractivity contribution in [2.45, 2.75) is 36.5 Å². The average molecular weight is 534 g/mol. The lowest BCUT2D eigenvalue weighted by molar-refractivity contribution is -0.117. The second kappa shape index (κ2) is 13.9. The maximum Gasteiger partial charge on any atom is 0.251 e. The van der Waals surface area contributed by atoms with E-state index in [2.05, 4.69) is 15.5 Å². The summed E-state index contributed by atoms with van der Waals surface area (Å²) in [6.07, 6.45) is 3.57. The molecule has 0 radical (unpaired) electrons. The maximum absolute atomic E-state index is 12.9. The molecule has 7 nitrogen and oxygen atoms in total. The Hall–Kier alpha value is -3.49. The Bertz CT molecular complexity index is 1240. The van der Waals surface area contributed by atoms with Crippen LogP contribution < -0.4 is 20.1 Å². The number of hydrogen-bond donors (Lipinski definition) is 2. The van der Waals surface area contributed by atoms with Gasteiger partial charge in [0.15, 0.2) is 0 Å². The van der Waals surface area contributed by atoms with E-state index in [1.807, 2.05) is 60.7 Å². The second-order valence-corrected chi connectivity index (χ2v) is 10.2. The molecule has 1 heterocycles. The van der Waals surface area contributed by atoms with Crippen molar-refractivity contribution in [3.8, 4) is 11.5 Å². The molecule has 0 saturated carbocycles. The predicted octanol–water partition coefficient (Wildman–Crippen LogP) is 5.35. The van der Waals surface area contributed by atoms with Crippen LogP contribution in [0.25, 0.3) is 0 Å². The van der Waals surface area contributed by atoms with Gasteiger partial charge in [-0.3, -0.25) is 14.5 Å². The SMILES string of the molecule is COc1ccc(CNC(=O)c2cccc(CSc3ccccc3NC(=O)CN3CCCCC3)c2)c(OC)c1. The zero-order valence-electron chi connectivity index (χ0n) is 22.0. The normalized spacial score (nSPS) is 13.5. The third-order valence-electron chi connectivity index (χ3n) is 6.49. The van der Waals surface area contributed by atoms with E-state index in [9.17, 15) is 9.59 Å². The van der Waals surface area contributed by atoms with Gasteiger partial charge in [0, 0.05) is 34.4 Å². The third kappa shape index (κ3) is 7.76. The minimum absolute atomic E-state index is 0.0205. The van der Waals surface area contributed by atoms with Crippen molar-refractivity contribution < 1.29 is 19.1 Å². The van der Waals surface area contributed by atoms with Crippen LogP contribution in [-0.2, 0) is 17.1 Å². The van der Waals surface area contributed by atoms with E-state index >= 15 is 0 Å². The number of para-hydroxylation sites is 1. The zero-order valence-corrected chi connectivity index (χ0v) is 22.8. The van der Waals surface area contributed by atoms with E-state index in [0.29, 0.717) is 35.9 Å². The summed E-state index contributed by atoms with van der Waals surface area (Å²) in [6, 6.07) is 21.0. The monoisotopic (exact) mass is 533 g/mol. The van der Waals surface area contributed by atoms with Gasteiger partial charge >= 0.3 is 0 Å². The minimum Gasteiger partial charge on any atom is -0.497 e. The molecular formula is C30H35N3O4S. The highest BCUT2D eigenvalue weighted by atomic mass is 32.2. The number of amides is 2. The number of thioether (sulfide) groups is 1. The van der Waals surface area contributed by atoms with Crippen molar-refractivity contribution in [2.75, 3.05) is 39.2 Å². The fourth-order valence-corrected chi connectivity index (χ4v) is 5.40. The molecule has 2 amide bonds. The summed E-state index contributed by atoms with van der Waals surface area (Å²) < 4.78 is 10.7. The molecule has 0 aliphatic carbocycles. The van der Waals surface area contributed by atoms with Crippen molar-refractivity contribution in [2.24, 2.45) is 0 Å². The first-order valence-corrected chi connectivity index (χ1v) is 13.9. The Morgan fingerprint density at radius 1 is 0.921 bits per heavy atom. The molecule has 0 unspecified atom stereocenters. The van der Waals surface area contributed by atoms with Crippen LogP contribution in [0.5, 0.6) is 11.5 Å². The maximum atomic E-state index is 12.9. The molecule has 3 aromatic rings. The number of carbonyl (C=O) groups excluding carboxylic acids is 2. The number of carbonyl (C=O) groups is 2. The first-order chi connectivity index (χ1) is 18.6. The molecule has 0 spiro atoms. The zero-order chi connectivity index (χ0) is 26.7. The molecule has 200 valence electrons. The molecule has 1 fully saturated rings. The van der Waals surface area contributed by atoms with Crippen molar-refractivity contribution in [1.29, 1.82) is 0 Å². The summed E-state index contributed by atoms with van der Waals surface area (Å²) in [5, 5.41) is 6.06. The number of piperidine rings is 1. The number of hydrogen-bond acceptors (Lipinski definition) is 6. The van der Waals surface area contributed by atoms with Gasteiger partial charge in [0.25, 0.3) is 5.91 Å². The smallest absolute Gasteiger partial charge is 0.251 e. The Balaban J connectivity index is 1.33. The standard InChI is InChI=1S/C30H35N3O4S/c1-36-25-14-13-24(27(18-25)37-2)19-31-30(35)23-10-8-9-22(17-23)21-38-28-12-5-4-11-26(28)32-29(34)20-33-15-6-3-7-16-33/h4-5,8-14,17-18H,3,6-7,15-16,19-21H2,1-2H3,(H,31,35)(H,32,34). The average Bonchev–Trinajstić information content (AvgIpc) is 2.96. The Morgan fingerprint density at radius 3 is 2.53 bits per heavy atom. The topological polar surface area (TPSA) is 79.9 Å². The molecule has 8 heteroatoms. The van der Waals surface area contributed by atoms with Gasteiger partial charge < -0.3 is 20.1 Å². The summed E-state index contributed by atoms with van der Waals surface area (Å²) in [5.41, 5.74) is 3.31. The van der Waals surface area contributed by atoms with Crippen LogP contribution in [0.15, 0.2) is 71.6 Å². The number of methoxy groups -OCH3 is 2. The molecule has 38 heavy (non-hydrogen) atoms. The molecule has 3 aromatic carbocycles. The van der Waals surface area contributed by atoms with E-state index in [-0.39, 0.29) is 11.8 Å². The van der Waals surface area contributed by atoms with E-state index in [4.69, 9.17) is 9.47 Å². The number of anilines is 1. The highest BCUT2D eigenvalue weighted by molar-refractivity contribution is 7.98. The number of nitrogens with zero attached hydrogens (tertiary/aromatic N) is 1. The lowest BCUT2D eigenvalue weighted by Gasteiger charge is -2.25. The number of rotatable bonds is 11. The van der Waals surface area contributed by atoms with Gasteiger partial charge in [0.1, 0.15) is 11.5 Å². The highest BCUT2D eigenvalue weighted by Gasteiger charge is 2.15. The van der Waals surface area contributed by atoms with E-state index in [1.165, 1.54) is 6.42 Å². The summed E-state index contributed by atoms with van der Waals surface area (Å²) in [6.45, 7) is 2.75. The Kier molecular flexibility index (Phi) is 10.1. The molecular weight excluding hydrogens is 498 g/mol. The summed E-state index contributed by atoms with van der Waals surface area (Å²) in [4.78, 5) is 28.7. The highest BCUT2D eigenvalue weighted by Crippen LogP contribution is 2.30. The van der Waals surface area contributed by atoms with Crippen molar-refractivity contribution >= 4 is 29.3 Å². The van der Waals surface area contributed by atoms with Crippen LogP contribution in [-0.4, -0.2) is 50.6 Å². The van der Waals surface area contributed by atoms with Crippen LogP contribution in [0.2, 0.25) is 0 Å². The molecule has 1 saturated heterocycles. The molecule has 4 rings (SSSR count). The van der Waals surface area contributed by atoms with E-state index < -0.39 is 0 Å². The second-order valence-electron chi connectivity index (χ2n) is 9.23. The van der Waals surface area contributed by atoms with E-state index in [0.717, 1.165) is 47.6 Å². The van der Waals surface area contributed by atoms with Crippen LogP contribution >= 0.6 is 11.8 Å². The number of ether oxygens (including phenoxy) is 2. The van der Waals surface area contributed by atoms with Crippen LogP contribution in [0.4, 0.5) is 5.69 Å². The number of benzene rings is 3. The van der Waals surface area contributed by atoms with Crippen LogP contribution in [0.3, 0.4) is 0 Å². The molecule has 1 aliphatic heterocycles. The largest absolute Gasteiger partial charge is 0.497 e. The summed E-state index contributed by atoms with van der Waals surface area (Å²) in [5.74, 6) is 1.90. The summed E-state index contributed by atoms with van der Waals surface area (Å²) >= 11 is 1.64. The molecule has 0 aromatic heterocycles. The lowest BCUT2D eigenvalue weighted by Crippen LogP contribution is -2.36. The molecule has 0 atom stereocenters. The van der Waals surface area contributed by atoms with Gasteiger partial charge in [0.2, 0.25) is 5.91 Å². The quantitative estimate of drug-likeness (QED) is 0.324. The fraction of sp³-hybridized carbons (Fsp3) is 0.333. The molecule has 1 aliphatic rings. The first kappa shape index (κ1) is 27.5. The molecule has 0 bridgehead atoms. The lowest BCUT2D eigenvalue weighted by atomic mass is 10.1. The first-order valence-electron chi connectivity index (χ1n) is 12.9. The van der Waals surface area contributed by atoms with Crippen LogP contribution in [0, 0.1) is 0 Å². The van der Waals surface area contributed by atoms with Crippen LogP contribution in [0.1, 0.15) is 40.7 Å². The van der Waals surface area contributed by atoms with Crippen molar-refractivity contribution in [3.63, 3.8) is 0 Å². The Labute approximate surface area is 228 Å². The fourth-order valence-electron chi connectivity index (χ4n) is 4.45. The van der Waals surface area contributed by atoms with E-state index in [1.54, 1.807) is 32.0 Å². The number of likely N-dealkylation sites (tertiary alicyclic amines) is 1. The van der Waals surface area contributed by atoms with Gasteiger partial charge in [-0.05, 0) is 67.9 Å². The number of nitrogens with one attached hydrogen (secondary N) is 2. The minimum atomic E-state index is -0.153. The Morgan fingerprint density at radius 2 is 1.74 bits per heavy atom. The van der Waals surface area contributed by atoms with Gasteiger partial charge in [-0.2, -0.15) is 0 Å².